The molecular formula is C16H27N3. The molecule has 106 valence electrons. The van der Waals surface area contributed by atoms with Gasteiger partial charge in [-0.3, -0.25) is 0 Å². The van der Waals surface area contributed by atoms with Gasteiger partial charge < -0.3 is 10.2 Å². The summed E-state index contributed by atoms with van der Waals surface area (Å²) >= 11 is 0. The molecule has 1 aliphatic heterocycles. The van der Waals surface area contributed by atoms with Crippen molar-refractivity contribution in [1.29, 1.82) is 0 Å². The molecule has 1 N–H and O–H groups in total. The first-order valence-corrected chi connectivity index (χ1v) is 7.26. The number of nitrogens with zero attached hydrogens (tertiary/aromatic N) is 2. The van der Waals surface area contributed by atoms with Gasteiger partial charge in [-0.15, -0.1) is 0 Å². The number of hydrogen-bond donors (Lipinski definition) is 1. The molecular weight excluding hydrogens is 234 g/mol. The van der Waals surface area contributed by atoms with E-state index in [0.717, 1.165) is 18.9 Å². The minimum absolute atomic E-state index is 0.148. The summed E-state index contributed by atoms with van der Waals surface area (Å²) in [4.78, 5) is 7.07. The lowest BCUT2D eigenvalue weighted by atomic mass is 10.0. The van der Waals surface area contributed by atoms with Gasteiger partial charge in [-0.05, 0) is 59.1 Å². The third-order valence-corrected chi connectivity index (χ3v) is 3.81. The van der Waals surface area contributed by atoms with Crippen LogP contribution < -0.4 is 10.2 Å². The second kappa shape index (κ2) is 5.12. The van der Waals surface area contributed by atoms with Gasteiger partial charge in [-0.1, -0.05) is 6.07 Å². The molecule has 0 spiro atoms. The summed E-state index contributed by atoms with van der Waals surface area (Å²) in [5, 5.41) is 3.49. The molecule has 0 atom stereocenters. The number of rotatable bonds is 3. The van der Waals surface area contributed by atoms with E-state index < -0.39 is 0 Å². The van der Waals surface area contributed by atoms with Gasteiger partial charge in [0.15, 0.2) is 0 Å². The maximum atomic E-state index is 4.64. The molecule has 0 amide bonds. The second-order valence-electron chi connectivity index (χ2n) is 7.20. The van der Waals surface area contributed by atoms with Crippen molar-refractivity contribution in [3.8, 4) is 0 Å². The summed E-state index contributed by atoms with van der Waals surface area (Å²) in [6.07, 6.45) is 4.52. The monoisotopic (exact) mass is 261 g/mol. The smallest absolute Gasteiger partial charge is 0.128 e. The van der Waals surface area contributed by atoms with E-state index in [1.165, 1.54) is 18.4 Å². The van der Waals surface area contributed by atoms with E-state index in [2.05, 4.69) is 62.0 Å². The fraction of sp³-hybridized carbons (Fsp3) is 0.688. The van der Waals surface area contributed by atoms with Gasteiger partial charge in [0.1, 0.15) is 5.82 Å². The summed E-state index contributed by atoms with van der Waals surface area (Å²) in [5.41, 5.74) is 1.64. The molecule has 3 nitrogen and oxygen atoms in total. The highest BCUT2D eigenvalue weighted by molar-refractivity contribution is 5.43. The van der Waals surface area contributed by atoms with E-state index >= 15 is 0 Å². The highest BCUT2D eigenvalue weighted by Crippen LogP contribution is 2.32. The zero-order valence-corrected chi connectivity index (χ0v) is 13.0. The number of aromatic nitrogens is 1. The van der Waals surface area contributed by atoms with Crippen LogP contribution in [0.4, 0.5) is 5.82 Å². The lowest BCUT2D eigenvalue weighted by Crippen LogP contribution is -2.38. The van der Waals surface area contributed by atoms with Crippen LogP contribution in [0, 0.1) is 0 Å². The van der Waals surface area contributed by atoms with Crippen LogP contribution in [0.25, 0.3) is 0 Å². The largest absolute Gasteiger partial charge is 0.352 e. The van der Waals surface area contributed by atoms with Crippen LogP contribution in [0.15, 0.2) is 18.3 Å². The Balaban J connectivity index is 2.03. The zero-order chi connectivity index (χ0) is 14.1. The SMILES string of the molecule is CC(C)(C)NCc1ccc(N2CCCC2(C)C)nc1. The van der Waals surface area contributed by atoms with Crippen molar-refractivity contribution in [2.75, 3.05) is 11.4 Å². The first-order valence-electron chi connectivity index (χ1n) is 7.26. The summed E-state index contributed by atoms with van der Waals surface area (Å²) < 4.78 is 0. The van der Waals surface area contributed by atoms with Gasteiger partial charge in [0.2, 0.25) is 0 Å². The first-order chi connectivity index (χ1) is 8.78. The Morgan fingerprint density at radius 2 is 2.05 bits per heavy atom. The molecule has 1 saturated heterocycles. The molecule has 3 heteroatoms. The predicted molar refractivity (Wildman–Crippen MR) is 81.5 cm³/mol. The van der Waals surface area contributed by atoms with Crippen molar-refractivity contribution in [3.05, 3.63) is 23.9 Å². The van der Waals surface area contributed by atoms with Crippen LogP contribution in [0.2, 0.25) is 0 Å². The molecule has 0 bridgehead atoms. The van der Waals surface area contributed by atoms with Crippen molar-refractivity contribution >= 4 is 5.82 Å². The van der Waals surface area contributed by atoms with Gasteiger partial charge in [0.05, 0.1) is 0 Å². The Morgan fingerprint density at radius 1 is 1.32 bits per heavy atom. The maximum Gasteiger partial charge on any atom is 0.128 e. The summed E-state index contributed by atoms with van der Waals surface area (Å²) in [6, 6.07) is 4.35. The van der Waals surface area contributed by atoms with Crippen molar-refractivity contribution < 1.29 is 0 Å². The highest BCUT2D eigenvalue weighted by atomic mass is 15.3. The molecule has 1 aromatic heterocycles. The van der Waals surface area contributed by atoms with E-state index in [1.54, 1.807) is 0 Å². The number of hydrogen-bond acceptors (Lipinski definition) is 3. The Labute approximate surface area is 117 Å². The van der Waals surface area contributed by atoms with Crippen molar-refractivity contribution in [2.24, 2.45) is 0 Å². The molecule has 1 aromatic rings. The molecule has 0 saturated carbocycles. The minimum atomic E-state index is 0.148. The third-order valence-electron chi connectivity index (χ3n) is 3.81. The molecule has 19 heavy (non-hydrogen) atoms. The average molecular weight is 261 g/mol. The first kappa shape index (κ1) is 14.3. The van der Waals surface area contributed by atoms with Gasteiger partial charge in [-0.25, -0.2) is 4.98 Å². The average Bonchev–Trinajstić information content (AvgIpc) is 2.66. The topological polar surface area (TPSA) is 28.2 Å². The Hall–Kier alpha value is -1.09. The third kappa shape index (κ3) is 3.69. The van der Waals surface area contributed by atoms with Crippen molar-refractivity contribution in [2.45, 2.75) is 65.1 Å². The Bertz CT molecular complexity index is 415. The number of pyridine rings is 1. The van der Waals surface area contributed by atoms with Gasteiger partial charge in [-0.2, -0.15) is 0 Å². The lowest BCUT2D eigenvalue weighted by molar-refractivity contribution is 0.424. The normalized spacial score (nSPS) is 18.9. The standard InChI is InChI=1S/C16H27N3/c1-15(2,3)18-12-13-7-8-14(17-11-13)19-10-6-9-16(19,4)5/h7-8,11,18H,6,9-10,12H2,1-5H3. The van der Waals surface area contributed by atoms with Crippen LogP contribution in [0.5, 0.6) is 0 Å². The summed E-state index contributed by atoms with van der Waals surface area (Å²) in [5.74, 6) is 1.11. The predicted octanol–water partition coefficient (Wildman–Crippen LogP) is 3.35. The maximum absolute atomic E-state index is 4.64. The Morgan fingerprint density at radius 3 is 2.53 bits per heavy atom. The number of anilines is 1. The summed E-state index contributed by atoms with van der Waals surface area (Å²) in [7, 11) is 0. The lowest BCUT2D eigenvalue weighted by Gasteiger charge is -2.32. The fourth-order valence-electron chi connectivity index (χ4n) is 2.58. The van der Waals surface area contributed by atoms with Crippen LogP contribution in [0.3, 0.4) is 0 Å². The van der Waals surface area contributed by atoms with E-state index in [9.17, 15) is 0 Å². The van der Waals surface area contributed by atoms with Gasteiger partial charge in [0, 0.05) is 30.4 Å². The van der Waals surface area contributed by atoms with E-state index in [0.29, 0.717) is 0 Å². The second-order valence-corrected chi connectivity index (χ2v) is 7.20. The molecule has 1 aliphatic rings. The van der Waals surface area contributed by atoms with E-state index in [4.69, 9.17) is 0 Å². The highest BCUT2D eigenvalue weighted by Gasteiger charge is 2.32. The zero-order valence-electron chi connectivity index (χ0n) is 13.0. The van der Waals surface area contributed by atoms with E-state index in [-0.39, 0.29) is 11.1 Å². The molecule has 2 rings (SSSR count). The molecule has 0 unspecified atom stereocenters. The van der Waals surface area contributed by atoms with Crippen LogP contribution >= 0.6 is 0 Å². The molecule has 0 aromatic carbocycles. The Kier molecular flexibility index (Phi) is 3.86. The van der Waals surface area contributed by atoms with Crippen LogP contribution in [0.1, 0.15) is 53.0 Å². The molecule has 0 aliphatic carbocycles. The molecule has 0 radical (unpaired) electrons. The molecule has 1 fully saturated rings. The van der Waals surface area contributed by atoms with Crippen LogP contribution in [-0.2, 0) is 6.54 Å². The number of nitrogens with one attached hydrogen (secondary N) is 1. The van der Waals surface area contributed by atoms with Crippen molar-refractivity contribution in [1.82, 2.24) is 10.3 Å². The summed E-state index contributed by atoms with van der Waals surface area (Å²) in [6.45, 7) is 13.2. The van der Waals surface area contributed by atoms with E-state index in [1.807, 2.05) is 6.20 Å². The van der Waals surface area contributed by atoms with Crippen molar-refractivity contribution in [3.63, 3.8) is 0 Å². The fourth-order valence-corrected chi connectivity index (χ4v) is 2.58. The minimum Gasteiger partial charge on any atom is -0.352 e. The van der Waals surface area contributed by atoms with Crippen LogP contribution in [-0.4, -0.2) is 22.6 Å². The van der Waals surface area contributed by atoms with Gasteiger partial charge >= 0.3 is 0 Å². The quantitative estimate of drug-likeness (QED) is 0.904. The van der Waals surface area contributed by atoms with Gasteiger partial charge in [0.25, 0.3) is 0 Å². The molecule has 2 heterocycles.